The number of carbonyl (C=O) groups is 4. The Morgan fingerprint density at radius 2 is 1.31 bits per heavy atom. The Morgan fingerprint density at radius 1 is 0.818 bits per heavy atom. The van der Waals surface area contributed by atoms with Gasteiger partial charge in [0.2, 0.25) is 5.91 Å². The number of nitrogens with one attached hydrogen (secondary N) is 1. The number of hydrogen-bond donors (Lipinski definition) is 4. The monoisotopic (exact) mass is 770 g/mol. The van der Waals surface area contributed by atoms with Crippen molar-refractivity contribution in [1.82, 2.24) is 5.32 Å². The Bertz CT molecular complexity index is 1220. The molecule has 7 atom stereocenters. The van der Waals surface area contributed by atoms with Crippen molar-refractivity contribution < 1.29 is 39.2 Å². The number of ketones is 2. The summed E-state index contributed by atoms with van der Waals surface area (Å²) >= 11 is 0. The molecule has 0 saturated heterocycles. The van der Waals surface area contributed by atoms with Crippen LogP contribution in [0.4, 0.5) is 0 Å². The molecule has 9 heteroatoms. The smallest absolute Gasteiger partial charge is 0.233 e. The van der Waals surface area contributed by atoms with Gasteiger partial charge in [0.1, 0.15) is 29.4 Å². The normalized spacial score (nSPS) is 22.0. The third-order valence-electron chi connectivity index (χ3n) is 12.3. The van der Waals surface area contributed by atoms with Crippen LogP contribution in [0.2, 0.25) is 0 Å². The van der Waals surface area contributed by atoms with Crippen LogP contribution in [0, 0.1) is 28.6 Å². The van der Waals surface area contributed by atoms with E-state index in [1.54, 1.807) is 6.08 Å². The van der Waals surface area contributed by atoms with Gasteiger partial charge in [-0.15, -0.1) is 6.58 Å². The van der Waals surface area contributed by atoms with Gasteiger partial charge in [0.15, 0.2) is 0 Å². The maximum absolute atomic E-state index is 14.5. The standard InChI is InChI=1S/C46H75NO8/c1-4-7-9-11-13-15-16-18-20-22-26-37(25-21-19-17-14-12-10-8-5-2)35-47-44(54)46(29-31-49,42(53)24-6-3)39-34-40(51)38(33-41(39)52)45(36-50,28-30-48)43-27-23-32-55-43/h6,23,28-32,36-39,42-43,48-49,53H,3-5,7-22,24-27,33-35H2,1-2H3,(H,47,54). The lowest BCUT2D eigenvalue weighted by Crippen LogP contribution is -2.58. The van der Waals surface area contributed by atoms with E-state index in [2.05, 4.69) is 25.7 Å². The van der Waals surface area contributed by atoms with Gasteiger partial charge in [-0.25, -0.2) is 0 Å². The molecule has 9 nitrogen and oxygen atoms in total. The SMILES string of the molecule is C=CCC(O)C(C=CO)(C(=O)NCC(CCCCCCCCCC)CCCCCCCCCCCC)C1CC(=O)C(C(C=O)(C=CO)C2CC=CO2)CC1=O. The lowest BCUT2D eigenvalue weighted by molar-refractivity contribution is -0.156. The average Bonchev–Trinajstić information content (AvgIpc) is 3.73. The van der Waals surface area contributed by atoms with Crippen molar-refractivity contribution in [2.75, 3.05) is 6.54 Å². The predicted molar refractivity (Wildman–Crippen MR) is 220 cm³/mol. The second-order valence-electron chi connectivity index (χ2n) is 16.2. The maximum Gasteiger partial charge on any atom is 0.233 e. The van der Waals surface area contributed by atoms with Crippen molar-refractivity contribution in [1.29, 1.82) is 0 Å². The Labute approximate surface area is 332 Å². The number of Topliss-reactive ketones (excluding diaryl/α,β-unsaturated/α-hetero) is 2. The van der Waals surface area contributed by atoms with E-state index in [1.165, 1.54) is 108 Å². The molecule has 0 aromatic carbocycles. The van der Waals surface area contributed by atoms with E-state index >= 15 is 0 Å². The van der Waals surface area contributed by atoms with E-state index in [-0.39, 0.29) is 12.3 Å². The lowest BCUT2D eigenvalue weighted by atomic mass is 9.57. The molecule has 1 aliphatic carbocycles. The number of unbranched alkanes of at least 4 members (excludes halogenated alkanes) is 16. The first-order chi connectivity index (χ1) is 26.7. The fourth-order valence-corrected chi connectivity index (χ4v) is 8.83. The molecule has 1 amide bonds. The molecule has 1 aliphatic heterocycles. The number of aldehydes is 1. The first-order valence-electron chi connectivity index (χ1n) is 21.7. The van der Waals surface area contributed by atoms with Gasteiger partial charge in [-0.05, 0) is 43.4 Å². The van der Waals surface area contributed by atoms with E-state index in [9.17, 15) is 34.5 Å². The molecule has 1 saturated carbocycles. The fourth-order valence-electron chi connectivity index (χ4n) is 8.83. The summed E-state index contributed by atoms with van der Waals surface area (Å²) in [5, 5.41) is 34.6. The molecule has 1 fully saturated rings. The van der Waals surface area contributed by atoms with Crippen LogP contribution in [0.3, 0.4) is 0 Å². The van der Waals surface area contributed by atoms with E-state index in [4.69, 9.17) is 4.74 Å². The van der Waals surface area contributed by atoms with Gasteiger partial charge < -0.3 is 30.2 Å². The quantitative estimate of drug-likeness (QED) is 0.0229. The molecule has 0 spiro atoms. The number of ether oxygens (including phenoxy) is 1. The topological polar surface area (TPSA) is 150 Å². The highest BCUT2D eigenvalue weighted by atomic mass is 16.5. The van der Waals surface area contributed by atoms with Gasteiger partial charge in [0.05, 0.1) is 30.3 Å². The van der Waals surface area contributed by atoms with E-state index in [0.717, 1.165) is 44.6 Å². The van der Waals surface area contributed by atoms with Gasteiger partial charge >= 0.3 is 0 Å². The minimum absolute atomic E-state index is 0.0629. The largest absolute Gasteiger partial charge is 0.516 e. The van der Waals surface area contributed by atoms with Crippen molar-refractivity contribution in [3.05, 3.63) is 49.7 Å². The molecular formula is C46H75NO8. The number of hydrogen-bond acceptors (Lipinski definition) is 8. The van der Waals surface area contributed by atoms with Crippen LogP contribution in [0.25, 0.3) is 0 Å². The Morgan fingerprint density at radius 3 is 1.76 bits per heavy atom. The van der Waals surface area contributed by atoms with Crippen molar-refractivity contribution in [2.45, 2.75) is 180 Å². The summed E-state index contributed by atoms with van der Waals surface area (Å²) in [6, 6.07) is 0. The third kappa shape index (κ3) is 14.7. The molecule has 2 aliphatic rings. The number of aliphatic hydroxyl groups excluding tert-OH is 3. The molecule has 1 heterocycles. The average molecular weight is 770 g/mol. The first-order valence-corrected chi connectivity index (χ1v) is 21.7. The first kappa shape index (κ1) is 48.0. The van der Waals surface area contributed by atoms with Gasteiger partial charge in [-0.3, -0.25) is 14.4 Å². The second kappa shape index (κ2) is 27.4. The second-order valence-corrected chi connectivity index (χ2v) is 16.2. The van der Waals surface area contributed by atoms with Crippen LogP contribution >= 0.6 is 0 Å². The number of carbonyl (C=O) groups excluding carboxylic acids is 4. The summed E-state index contributed by atoms with van der Waals surface area (Å²) in [5.74, 6) is -3.82. The molecule has 312 valence electrons. The minimum Gasteiger partial charge on any atom is -0.516 e. The highest BCUT2D eigenvalue weighted by Gasteiger charge is 2.59. The van der Waals surface area contributed by atoms with E-state index in [1.807, 2.05) is 0 Å². The number of aliphatic hydroxyl groups is 3. The van der Waals surface area contributed by atoms with Crippen LogP contribution in [0.5, 0.6) is 0 Å². The molecule has 7 unspecified atom stereocenters. The highest BCUT2D eigenvalue weighted by molar-refractivity contribution is 6.02. The molecule has 2 rings (SSSR count). The van der Waals surface area contributed by atoms with Crippen molar-refractivity contribution in [3.8, 4) is 0 Å². The van der Waals surface area contributed by atoms with E-state index in [0.29, 0.717) is 31.8 Å². The van der Waals surface area contributed by atoms with Crippen molar-refractivity contribution >= 4 is 23.8 Å². The van der Waals surface area contributed by atoms with Gasteiger partial charge in [-0.1, -0.05) is 135 Å². The number of amides is 1. The Balaban J connectivity index is 2.22. The predicted octanol–water partition coefficient (Wildman–Crippen LogP) is 10.3. The number of rotatable bonds is 32. The summed E-state index contributed by atoms with van der Waals surface area (Å²) in [7, 11) is 0. The van der Waals surface area contributed by atoms with Crippen LogP contribution in [-0.4, -0.2) is 57.8 Å². The summed E-state index contributed by atoms with van der Waals surface area (Å²) in [5.41, 5.74) is -3.56. The summed E-state index contributed by atoms with van der Waals surface area (Å²) in [6.07, 6.45) is 30.0. The molecule has 55 heavy (non-hydrogen) atoms. The fraction of sp³-hybridized carbons (Fsp3) is 0.739. The van der Waals surface area contributed by atoms with Crippen LogP contribution in [-0.2, 0) is 23.9 Å². The zero-order chi connectivity index (χ0) is 40.4. The summed E-state index contributed by atoms with van der Waals surface area (Å²) in [4.78, 5) is 55.3. The molecule has 0 bridgehead atoms. The zero-order valence-corrected chi connectivity index (χ0v) is 34.3. The highest BCUT2D eigenvalue weighted by Crippen LogP contribution is 2.48. The van der Waals surface area contributed by atoms with Crippen LogP contribution in [0.15, 0.2) is 49.7 Å². The summed E-state index contributed by atoms with van der Waals surface area (Å²) in [6.45, 7) is 8.55. The maximum atomic E-state index is 14.5. The minimum atomic E-state index is -1.96. The molecule has 0 aromatic rings. The lowest BCUT2D eigenvalue weighted by Gasteiger charge is -2.45. The third-order valence-corrected chi connectivity index (χ3v) is 12.3. The van der Waals surface area contributed by atoms with Crippen LogP contribution in [0.1, 0.15) is 168 Å². The van der Waals surface area contributed by atoms with Gasteiger partial charge in [0.25, 0.3) is 0 Å². The molecule has 0 radical (unpaired) electrons. The van der Waals surface area contributed by atoms with Crippen LogP contribution < -0.4 is 5.32 Å². The van der Waals surface area contributed by atoms with E-state index < -0.39 is 65.2 Å². The van der Waals surface area contributed by atoms with Gasteiger partial charge in [0, 0.05) is 37.6 Å². The summed E-state index contributed by atoms with van der Waals surface area (Å²) < 4.78 is 5.63. The van der Waals surface area contributed by atoms with Crippen molar-refractivity contribution in [2.24, 2.45) is 28.6 Å². The molecule has 4 N–H and O–H groups in total. The Kier molecular flexibility index (Phi) is 23.9. The zero-order valence-electron chi connectivity index (χ0n) is 34.3. The molecule has 0 aromatic heterocycles. The Hall–Kier alpha value is -3.20. The molecular weight excluding hydrogens is 695 g/mol. The van der Waals surface area contributed by atoms with Gasteiger partial charge in [-0.2, -0.15) is 0 Å². The van der Waals surface area contributed by atoms with Crippen molar-refractivity contribution in [3.63, 3.8) is 0 Å².